The maximum Gasteiger partial charge on any atom is 0.0923 e. The van der Waals surface area contributed by atoms with Gasteiger partial charge in [-0.15, -0.1) is 11.3 Å². The summed E-state index contributed by atoms with van der Waals surface area (Å²) in [5.74, 6) is 0. The SMILES string of the molecule is CC(C)(C)c1cccc(C2=NN(c3ccccc3)C(c3cccs3)C2)c1. The molecule has 1 unspecified atom stereocenters. The minimum absolute atomic E-state index is 0.140. The molecule has 1 aromatic heterocycles. The number of nitrogens with zero attached hydrogens (tertiary/aromatic N) is 2. The maximum absolute atomic E-state index is 5.05. The third kappa shape index (κ3) is 3.32. The smallest absolute Gasteiger partial charge is 0.0923 e. The Morgan fingerprint density at radius 2 is 1.77 bits per heavy atom. The molecule has 1 aliphatic heterocycles. The molecular formula is C23H24N2S. The summed E-state index contributed by atoms with van der Waals surface area (Å²) in [6, 6.07) is 24.0. The molecule has 1 atom stereocenters. The van der Waals surface area contributed by atoms with Crippen molar-refractivity contribution in [2.24, 2.45) is 5.10 Å². The Morgan fingerprint density at radius 3 is 2.46 bits per heavy atom. The number of hydrazone groups is 1. The summed E-state index contributed by atoms with van der Waals surface area (Å²) in [6.45, 7) is 6.77. The summed E-state index contributed by atoms with van der Waals surface area (Å²) in [6.07, 6.45) is 0.934. The molecule has 2 heterocycles. The molecule has 0 bridgehead atoms. The molecule has 0 saturated heterocycles. The van der Waals surface area contributed by atoms with Gasteiger partial charge in [0.05, 0.1) is 17.4 Å². The van der Waals surface area contributed by atoms with Crippen molar-refractivity contribution in [2.45, 2.75) is 38.6 Å². The Bertz CT molecular complexity index is 905. The first kappa shape index (κ1) is 17.0. The fourth-order valence-electron chi connectivity index (χ4n) is 3.37. The fraction of sp³-hybridized carbons (Fsp3) is 0.261. The summed E-state index contributed by atoms with van der Waals surface area (Å²) < 4.78 is 0. The van der Waals surface area contributed by atoms with E-state index in [1.807, 2.05) is 11.3 Å². The zero-order valence-electron chi connectivity index (χ0n) is 15.5. The lowest BCUT2D eigenvalue weighted by Crippen LogP contribution is -2.17. The van der Waals surface area contributed by atoms with E-state index in [0.29, 0.717) is 0 Å². The average Bonchev–Trinajstić information content (AvgIpc) is 3.31. The average molecular weight is 361 g/mol. The van der Waals surface area contributed by atoms with Crippen LogP contribution in [0.4, 0.5) is 5.69 Å². The Balaban J connectivity index is 1.74. The van der Waals surface area contributed by atoms with Gasteiger partial charge < -0.3 is 0 Å². The van der Waals surface area contributed by atoms with Gasteiger partial charge in [-0.1, -0.05) is 63.2 Å². The fourth-order valence-corrected chi connectivity index (χ4v) is 4.18. The zero-order chi connectivity index (χ0) is 18.1. The van der Waals surface area contributed by atoms with E-state index in [9.17, 15) is 0 Å². The predicted molar refractivity (Wildman–Crippen MR) is 112 cm³/mol. The van der Waals surface area contributed by atoms with Crippen LogP contribution in [0.3, 0.4) is 0 Å². The van der Waals surface area contributed by atoms with Crippen LogP contribution in [0.25, 0.3) is 0 Å². The molecule has 4 rings (SSSR count). The molecule has 0 radical (unpaired) electrons. The second-order valence-corrected chi connectivity index (χ2v) is 8.77. The molecule has 2 nitrogen and oxygen atoms in total. The van der Waals surface area contributed by atoms with E-state index >= 15 is 0 Å². The standard InChI is InChI=1S/C23H24N2S/c1-23(2,3)18-10-7-9-17(15-18)20-16-21(22-13-8-14-26-22)25(24-20)19-11-5-4-6-12-19/h4-15,21H,16H2,1-3H3. The second-order valence-electron chi connectivity index (χ2n) is 7.79. The van der Waals surface area contributed by atoms with E-state index in [1.54, 1.807) is 0 Å². The predicted octanol–water partition coefficient (Wildman–Crippen LogP) is 6.40. The molecule has 0 N–H and O–H groups in total. The van der Waals surface area contributed by atoms with Crippen LogP contribution in [0.5, 0.6) is 0 Å². The summed E-state index contributed by atoms with van der Waals surface area (Å²) in [7, 11) is 0. The van der Waals surface area contributed by atoms with Gasteiger partial charge in [0.25, 0.3) is 0 Å². The van der Waals surface area contributed by atoms with Crippen molar-refractivity contribution in [1.29, 1.82) is 0 Å². The molecule has 1 aliphatic rings. The van der Waals surface area contributed by atoms with E-state index in [-0.39, 0.29) is 11.5 Å². The Kier molecular flexibility index (Phi) is 4.41. The number of anilines is 1. The summed E-state index contributed by atoms with van der Waals surface area (Å²) in [5.41, 5.74) is 5.04. The molecular weight excluding hydrogens is 336 g/mol. The lowest BCUT2D eigenvalue weighted by molar-refractivity contribution is 0.590. The first-order valence-corrected chi connectivity index (χ1v) is 9.96. The lowest BCUT2D eigenvalue weighted by Gasteiger charge is -2.22. The molecule has 3 heteroatoms. The maximum atomic E-state index is 5.05. The molecule has 0 saturated carbocycles. The summed E-state index contributed by atoms with van der Waals surface area (Å²) >= 11 is 1.81. The van der Waals surface area contributed by atoms with E-state index in [4.69, 9.17) is 5.10 Å². The van der Waals surface area contributed by atoms with Gasteiger partial charge in [0.1, 0.15) is 0 Å². The summed E-state index contributed by atoms with van der Waals surface area (Å²) in [4.78, 5) is 1.36. The molecule has 2 aromatic carbocycles. The Labute approximate surface area is 159 Å². The van der Waals surface area contributed by atoms with Gasteiger partial charge >= 0.3 is 0 Å². The first-order chi connectivity index (χ1) is 12.5. The number of hydrogen-bond acceptors (Lipinski definition) is 3. The van der Waals surface area contributed by atoms with E-state index in [0.717, 1.165) is 12.1 Å². The largest absolute Gasteiger partial charge is 0.257 e. The van der Waals surface area contributed by atoms with Gasteiger partial charge in [0, 0.05) is 11.3 Å². The Morgan fingerprint density at radius 1 is 0.962 bits per heavy atom. The highest BCUT2D eigenvalue weighted by Gasteiger charge is 2.30. The van der Waals surface area contributed by atoms with Crippen molar-refractivity contribution in [1.82, 2.24) is 0 Å². The van der Waals surface area contributed by atoms with E-state index < -0.39 is 0 Å². The minimum atomic E-state index is 0.140. The van der Waals surface area contributed by atoms with Gasteiger partial charge in [0.15, 0.2) is 0 Å². The van der Waals surface area contributed by atoms with Crippen LogP contribution in [0, 0.1) is 0 Å². The number of thiophene rings is 1. The van der Waals surface area contributed by atoms with Crippen molar-refractivity contribution in [3.05, 3.63) is 88.1 Å². The zero-order valence-corrected chi connectivity index (χ0v) is 16.3. The second kappa shape index (κ2) is 6.73. The van der Waals surface area contributed by atoms with Gasteiger partial charge in [-0.3, -0.25) is 5.01 Å². The number of hydrogen-bond donors (Lipinski definition) is 0. The number of benzene rings is 2. The normalized spacial score (nSPS) is 17.4. The molecule has 26 heavy (non-hydrogen) atoms. The first-order valence-electron chi connectivity index (χ1n) is 9.08. The van der Waals surface area contributed by atoms with Crippen molar-refractivity contribution in [3.63, 3.8) is 0 Å². The molecule has 0 amide bonds. The quantitative estimate of drug-likeness (QED) is 0.527. The van der Waals surface area contributed by atoms with Gasteiger partial charge in [-0.2, -0.15) is 5.10 Å². The van der Waals surface area contributed by atoms with Crippen LogP contribution in [0.15, 0.2) is 77.2 Å². The summed E-state index contributed by atoms with van der Waals surface area (Å²) in [5, 5.41) is 9.38. The minimum Gasteiger partial charge on any atom is -0.257 e. The van der Waals surface area contributed by atoms with Crippen LogP contribution < -0.4 is 5.01 Å². The van der Waals surface area contributed by atoms with Crippen molar-refractivity contribution in [2.75, 3.05) is 5.01 Å². The van der Waals surface area contributed by atoms with Gasteiger partial charge in [-0.25, -0.2) is 0 Å². The molecule has 0 aliphatic carbocycles. The van der Waals surface area contributed by atoms with E-state index in [2.05, 4.69) is 97.9 Å². The lowest BCUT2D eigenvalue weighted by atomic mass is 9.85. The molecule has 132 valence electrons. The third-order valence-corrected chi connectivity index (χ3v) is 5.84. The molecule has 3 aromatic rings. The van der Waals surface area contributed by atoms with Crippen molar-refractivity contribution >= 4 is 22.7 Å². The van der Waals surface area contributed by atoms with Crippen LogP contribution >= 0.6 is 11.3 Å². The van der Waals surface area contributed by atoms with Crippen molar-refractivity contribution in [3.8, 4) is 0 Å². The van der Waals surface area contributed by atoms with Gasteiger partial charge in [0.2, 0.25) is 0 Å². The van der Waals surface area contributed by atoms with Crippen LogP contribution in [-0.4, -0.2) is 5.71 Å². The molecule has 0 fully saturated rings. The van der Waals surface area contributed by atoms with Crippen LogP contribution in [0.2, 0.25) is 0 Å². The topological polar surface area (TPSA) is 15.6 Å². The highest BCUT2D eigenvalue weighted by Crippen LogP contribution is 2.38. The highest BCUT2D eigenvalue weighted by molar-refractivity contribution is 7.10. The van der Waals surface area contributed by atoms with Gasteiger partial charge in [-0.05, 0) is 46.2 Å². The molecule has 0 spiro atoms. The number of rotatable bonds is 3. The van der Waals surface area contributed by atoms with Crippen LogP contribution in [0.1, 0.15) is 49.2 Å². The van der Waals surface area contributed by atoms with Crippen molar-refractivity contribution < 1.29 is 0 Å². The monoisotopic (exact) mass is 360 g/mol. The van der Waals surface area contributed by atoms with E-state index in [1.165, 1.54) is 21.7 Å². The highest BCUT2D eigenvalue weighted by atomic mass is 32.1. The Hall–Kier alpha value is -2.39. The van der Waals surface area contributed by atoms with Crippen LogP contribution in [-0.2, 0) is 5.41 Å². The third-order valence-electron chi connectivity index (χ3n) is 4.86. The number of para-hydroxylation sites is 1.